The number of rotatable bonds is 8. The number of hydrogen-bond donors (Lipinski definition) is 2. The molecule has 1 saturated carbocycles. The first kappa shape index (κ1) is 32.4. The molecule has 240 valence electrons. The van der Waals surface area contributed by atoms with Crippen LogP contribution in [0.25, 0.3) is 0 Å². The molecule has 45 heavy (non-hydrogen) atoms. The van der Waals surface area contributed by atoms with E-state index < -0.39 is 79.9 Å². The number of carbonyl (C=O) groups is 2. The predicted octanol–water partition coefficient (Wildman–Crippen LogP) is 5.68. The van der Waals surface area contributed by atoms with Crippen LogP contribution < -0.4 is 10.4 Å². The lowest BCUT2D eigenvalue weighted by molar-refractivity contribution is -0.125. The van der Waals surface area contributed by atoms with Gasteiger partial charge in [0.15, 0.2) is 28.2 Å². The summed E-state index contributed by atoms with van der Waals surface area (Å²) in [6, 6.07) is 8.39. The van der Waals surface area contributed by atoms with Crippen molar-refractivity contribution >= 4 is 27.5 Å². The number of nitrogens with zero attached hydrogens (tertiary/aromatic N) is 2. The fourth-order valence-electron chi connectivity index (χ4n) is 5.73. The van der Waals surface area contributed by atoms with E-state index >= 15 is 4.39 Å². The van der Waals surface area contributed by atoms with Crippen LogP contribution in [0.2, 0.25) is 0 Å². The summed E-state index contributed by atoms with van der Waals surface area (Å²) >= 11 is 0. The van der Waals surface area contributed by atoms with Crippen molar-refractivity contribution in [1.82, 2.24) is 9.79 Å². The normalized spacial score (nSPS) is 17.5. The van der Waals surface area contributed by atoms with Crippen LogP contribution in [0.5, 0.6) is 0 Å². The predicted molar refractivity (Wildman–Crippen MR) is 148 cm³/mol. The highest BCUT2D eigenvalue weighted by Crippen LogP contribution is 2.36. The minimum absolute atomic E-state index is 0.211. The zero-order valence-electron chi connectivity index (χ0n) is 23.5. The van der Waals surface area contributed by atoms with Crippen LogP contribution in [0, 0.1) is 34.9 Å². The Kier molecular flexibility index (Phi) is 9.23. The Morgan fingerprint density at radius 1 is 0.844 bits per heavy atom. The average molecular weight is 656 g/mol. The Morgan fingerprint density at radius 3 is 1.98 bits per heavy atom. The van der Waals surface area contributed by atoms with Gasteiger partial charge in [0.1, 0.15) is 11.9 Å². The first-order valence-electron chi connectivity index (χ1n) is 14.0. The van der Waals surface area contributed by atoms with Crippen molar-refractivity contribution in [2.24, 2.45) is 0 Å². The highest BCUT2D eigenvalue weighted by Gasteiger charge is 2.48. The highest BCUT2D eigenvalue weighted by atomic mass is 32.2. The Hall–Kier alpha value is -3.95. The number of hydrogen-bond acceptors (Lipinski definition) is 5. The summed E-state index contributed by atoms with van der Waals surface area (Å²) in [7, 11) is -5.44. The van der Waals surface area contributed by atoms with Crippen molar-refractivity contribution in [2.75, 3.05) is 11.4 Å². The fourth-order valence-corrected chi connectivity index (χ4v) is 7.48. The summed E-state index contributed by atoms with van der Waals surface area (Å²) in [5.74, 6) is -15.5. The van der Waals surface area contributed by atoms with Crippen molar-refractivity contribution in [1.29, 1.82) is 0 Å². The zero-order valence-corrected chi connectivity index (χ0v) is 24.3. The van der Waals surface area contributed by atoms with Gasteiger partial charge in [-0.25, -0.2) is 40.2 Å². The maximum absolute atomic E-state index is 15.4. The monoisotopic (exact) mass is 655 g/mol. The third kappa shape index (κ3) is 6.03. The lowest BCUT2D eigenvalue weighted by Crippen LogP contribution is -2.59. The molecule has 0 unspecified atom stereocenters. The molecule has 15 heteroatoms. The highest BCUT2D eigenvalue weighted by molar-refractivity contribution is 7.89. The van der Waals surface area contributed by atoms with E-state index in [1.54, 1.807) is 12.1 Å². The molecule has 3 aromatic carbocycles. The summed E-state index contributed by atoms with van der Waals surface area (Å²) in [5, 5.41) is 8.89. The first-order chi connectivity index (χ1) is 21.4. The molecule has 1 atom stereocenters. The third-order valence-electron chi connectivity index (χ3n) is 8.26. The second kappa shape index (κ2) is 12.8. The van der Waals surface area contributed by atoms with Gasteiger partial charge >= 0.3 is 0 Å². The third-order valence-corrected chi connectivity index (χ3v) is 10.2. The van der Waals surface area contributed by atoms with Crippen molar-refractivity contribution in [3.63, 3.8) is 0 Å². The van der Waals surface area contributed by atoms with E-state index in [9.17, 15) is 40.0 Å². The number of hydroxylamine groups is 1. The van der Waals surface area contributed by atoms with Gasteiger partial charge in [0.2, 0.25) is 21.7 Å². The molecule has 2 fully saturated rings. The molecule has 3 aromatic rings. The Morgan fingerprint density at radius 2 is 1.44 bits per heavy atom. The van der Waals surface area contributed by atoms with Crippen molar-refractivity contribution in [3.05, 3.63) is 94.1 Å². The minimum Gasteiger partial charge on any atom is -0.304 e. The molecule has 1 saturated heterocycles. The molecular weight excluding hydrogens is 628 g/mol. The van der Waals surface area contributed by atoms with Gasteiger partial charge in [0.25, 0.3) is 5.91 Å². The van der Waals surface area contributed by atoms with E-state index in [1.165, 1.54) is 5.48 Å². The number of benzene rings is 3. The van der Waals surface area contributed by atoms with Gasteiger partial charge in [-0.15, -0.1) is 0 Å². The van der Waals surface area contributed by atoms with Gasteiger partial charge in [-0.05, 0) is 54.5 Å². The van der Waals surface area contributed by atoms with Crippen molar-refractivity contribution in [2.45, 2.75) is 61.9 Å². The molecule has 0 radical (unpaired) electrons. The van der Waals surface area contributed by atoms with Gasteiger partial charge in [-0.1, -0.05) is 43.5 Å². The SMILES string of the molecule is O=C(NO)c1ccc(N(Cc2ccc(C3CCCCC3)cc2)C(=O)[C@H]2CCN2S(=O)(=O)c2c(F)c(F)c(F)c(F)c2F)c(F)c1. The second-order valence-electron chi connectivity index (χ2n) is 10.9. The van der Waals surface area contributed by atoms with Crippen LogP contribution in [0.4, 0.5) is 32.0 Å². The molecule has 0 aromatic heterocycles. The van der Waals surface area contributed by atoms with Gasteiger partial charge in [0.05, 0.1) is 12.2 Å². The van der Waals surface area contributed by atoms with E-state index in [4.69, 9.17) is 5.21 Å². The molecule has 2 amide bonds. The summed E-state index contributed by atoms with van der Waals surface area (Å²) in [6.07, 6.45) is 5.20. The van der Waals surface area contributed by atoms with E-state index in [0.29, 0.717) is 11.5 Å². The Balaban J connectivity index is 1.49. The van der Waals surface area contributed by atoms with Crippen LogP contribution in [0.15, 0.2) is 47.4 Å². The zero-order chi connectivity index (χ0) is 32.6. The lowest BCUT2D eigenvalue weighted by Gasteiger charge is -2.41. The molecule has 0 bridgehead atoms. The molecule has 5 rings (SSSR count). The Bertz CT molecular complexity index is 1720. The minimum atomic E-state index is -5.44. The summed E-state index contributed by atoms with van der Waals surface area (Å²) in [6.45, 7) is -0.806. The quantitative estimate of drug-likeness (QED) is 0.107. The van der Waals surface area contributed by atoms with E-state index in [2.05, 4.69) is 0 Å². The maximum Gasteiger partial charge on any atom is 0.274 e. The number of nitrogens with one attached hydrogen (secondary N) is 1. The van der Waals surface area contributed by atoms with Gasteiger partial charge in [0, 0.05) is 12.1 Å². The Labute approximate surface area is 254 Å². The van der Waals surface area contributed by atoms with Gasteiger partial charge in [-0.2, -0.15) is 4.31 Å². The molecule has 1 aliphatic heterocycles. The smallest absolute Gasteiger partial charge is 0.274 e. The number of carbonyl (C=O) groups excluding carboxylic acids is 2. The van der Waals surface area contributed by atoms with Crippen LogP contribution in [-0.2, 0) is 21.4 Å². The molecule has 0 spiro atoms. The molecule has 8 nitrogen and oxygen atoms in total. The van der Waals surface area contributed by atoms with E-state index in [0.717, 1.165) is 60.8 Å². The number of amides is 2. The summed E-state index contributed by atoms with van der Waals surface area (Å²) < 4.78 is 112. The molecule has 1 heterocycles. The fraction of sp³-hybridized carbons (Fsp3) is 0.333. The van der Waals surface area contributed by atoms with Gasteiger partial charge < -0.3 is 4.90 Å². The number of sulfonamides is 1. The molecule has 2 aliphatic rings. The van der Waals surface area contributed by atoms with Crippen molar-refractivity contribution < 1.29 is 49.6 Å². The number of halogens is 6. The number of anilines is 1. The van der Waals surface area contributed by atoms with Crippen molar-refractivity contribution in [3.8, 4) is 0 Å². The largest absolute Gasteiger partial charge is 0.304 e. The molecular formula is C30H27F6N3O5S. The van der Waals surface area contributed by atoms with Crippen LogP contribution in [0.1, 0.15) is 65.9 Å². The standard InChI is InChI=1S/C30H27F6N3O5S/c31-20-14-19(29(40)37-42)10-11-21(20)38(15-16-6-8-18(9-7-16)17-4-2-1-3-5-17)30(41)22-12-13-39(22)45(43,44)28-26(35)24(33)23(32)25(34)27(28)36/h6-11,14,17,22,42H,1-5,12-13,15H2,(H,37,40)/t22-/m1/s1. The summed E-state index contributed by atoms with van der Waals surface area (Å²) in [5.41, 5.74) is 2.24. The molecule has 2 N–H and O–H groups in total. The maximum atomic E-state index is 15.4. The second-order valence-corrected chi connectivity index (χ2v) is 12.8. The first-order valence-corrected chi connectivity index (χ1v) is 15.5. The van der Waals surface area contributed by atoms with Crippen LogP contribution >= 0.6 is 0 Å². The van der Waals surface area contributed by atoms with Crippen LogP contribution in [-0.4, -0.2) is 42.3 Å². The van der Waals surface area contributed by atoms with Crippen LogP contribution in [0.3, 0.4) is 0 Å². The molecule has 1 aliphatic carbocycles. The van der Waals surface area contributed by atoms with Gasteiger partial charge in [-0.3, -0.25) is 14.8 Å². The van der Waals surface area contributed by atoms with E-state index in [1.807, 2.05) is 12.1 Å². The topological polar surface area (TPSA) is 107 Å². The lowest BCUT2D eigenvalue weighted by atomic mass is 9.84. The van der Waals surface area contributed by atoms with E-state index in [-0.39, 0.29) is 22.8 Å². The summed E-state index contributed by atoms with van der Waals surface area (Å²) in [4.78, 5) is 24.4. The average Bonchev–Trinajstić information content (AvgIpc) is 3.01.